The molecule has 24 heavy (non-hydrogen) atoms. The van der Waals surface area contributed by atoms with E-state index in [1.54, 1.807) is 0 Å². The second kappa shape index (κ2) is 6.65. The molecule has 0 aliphatic carbocycles. The monoisotopic (exact) mass is 327 g/mol. The minimum atomic E-state index is 0.356. The molecule has 0 amide bonds. The standard InChI is InChI=1S/C19H25N3O2/c1-12(2)13-3-5-14(6-4-13)19-21-18(24-22-19)11-20-16-9-7-15-8-10-17(16)23-15/h3-6,12,15-17,20H,7-11H2,1-2H3. The fourth-order valence-electron chi connectivity index (χ4n) is 3.71. The quantitative estimate of drug-likeness (QED) is 0.908. The maximum atomic E-state index is 5.97. The summed E-state index contributed by atoms with van der Waals surface area (Å²) in [6.07, 6.45) is 5.56. The topological polar surface area (TPSA) is 60.2 Å². The number of aromatic nitrogens is 2. The van der Waals surface area contributed by atoms with E-state index in [-0.39, 0.29) is 0 Å². The smallest absolute Gasteiger partial charge is 0.240 e. The van der Waals surface area contributed by atoms with Gasteiger partial charge in [-0.1, -0.05) is 43.3 Å². The zero-order chi connectivity index (χ0) is 16.5. The third-order valence-corrected chi connectivity index (χ3v) is 5.21. The van der Waals surface area contributed by atoms with E-state index in [4.69, 9.17) is 9.26 Å². The Hall–Kier alpha value is -1.72. The first-order chi connectivity index (χ1) is 11.7. The van der Waals surface area contributed by atoms with Crippen LogP contribution in [0.1, 0.15) is 56.9 Å². The first-order valence-corrected chi connectivity index (χ1v) is 9.01. The fourth-order valence-corrected chi connectivity index (χ4v) is 3.71. The van der Waals surface area contributed by atoms with Gasteiger partial charge in [0, 0.05) is 11.6 Å². The zero-order valence-electron chi connectivity index (χ0n) is 14.4. The molecule has 1 aromatic heterocycles. The SMILES string of the molecule is CC(C)c1ccc(-c2noc(CNC3CCC4CCC3O4)n2)cc1. The molecule has 2 aromatic rings. The van der Waals surface area contributed by atoms with Crippen molar-refractivity contribution in [2.24, 2.45) is 0 Å². The fraction of sp³-hybridized carbons (Fsp3) is 0.579. The number of hydrogen-bond donors (Lipinski definition) is 1. The summed E-state index contributed by atoms with van der Waals surface area (Å²) in [5.74, 6) is 1.82. The molecule has 1 N–H and O–H groups in total. The van der Waals surface area contributed by atoms with Gasteiger partial charge in [-0.15, -0.1) is 0 Å². The van der Waals surface area contributed by atoms with Crippen LogP contribution in [0.5, 0.6) is 0 Å². The van der Waals surface area contributed by atoms with Crippen molar-refractivity contribution >= 4 is 0 Å². The van der Waals surface area contributed by atoms with Gasteiger partial charge in [-0.3, -0.25) is 0 Å². The van der Waals surface area contributed by atoms with Crippen LogP contribution < -0.4 is 5.32 Å². The highest BCUT2D eigenvalue weighted by atomic mass is 16.5. The van der Waals surface area contributed by atoms with Crippen LogP contribution >= 0.6 is 0 Å². The Kier molecular flexibility index (Phi) is 4.37. The van der Waals surface area contributed by atoms with Crippen molar-refractivity contribution in [1.82, 2.24) is 15.5 Å². The van der Waals surface area contributed by atoms with E-state index in [9.17, 15) is 0 Å². The van der Waals surface area contributed by atoms with Crippen molar-refractivity contribution < 1.29 is 9.26 Å². The normalized spacial score (nSPS) is 26.2. The molecule has 0 saturated carbocycles. The van der Waals surface area contributed by atoms with Gasteiger partial charge in [0.15, 0.2) is 0 Å². The van der Waals surface area contributed by atoms with Crippen LogP contribution in [0, 0.1) is 0 Å². The molecule has 128 valence electrons. The van der Waals surface area contributed by atoms with Gasteiger partial charge in [-0.05, 0) is 37.2 Å². The van der Waals surface area contributed by atoms with Gasteiger partial charge in [0.05, 0.1) is 18.8 Å². The Balaban J connectivity index is 1.37. The van der Waals surface area contributed by atoms with E-state index in [0.717, 1.165) is 12.0 Å². The van der Waals surface area contributed by atoms with Crippen LogP contribution in [-0.2, 0) is 11.3 Å². The molecule has 0 radical (unpaired) electrons. The number of ether oxygens (including phenoxy) is 1. The first-order valence-electron chi connectivity index (χ1n) is 9.01. The van der Waals surface area contributed by atoms with E-state index in [0.29, 0.717) is 42.4 Å². The van der Waals surface area contributed by atoms with Crippen molar-refractivity contribution in [3.8, 4) is 11.4 Å². The summed E-state index contributed by atoms with van der Waals surface area (Å²) in [5.41, 5.74) is 2.31. The average molecular weight is 327 g/mol. The number of benzene rings is 1. The largest absolute Gasteiger partial charge is 0.373 e. The van der Waals surface area contributed by atoms with E-state index in [1.807, 2.05) is 0 Å². The molecule has 2 saturated heterocycles. The number of nitrogens with zero attached hydrogens (tertiary/aromatic N) is 2. The van der Waals surface area contributed by atoms with Crippen LogP contribution in [0.3, 0.4) is 0 Å². The predicted molar refractivity (Wildman–Crippen MR) is 91.6 cm³/mol. The summed E-state index contributed by atoms with van der Waals surface area (Å²) < 4.78 is 11.4. The van der Waals surface area contributed by atoms with E-state index >= 15 is 0 Å². The Morgan fingerprint density at radius 3 is 2.71 bits per heavy atom. The molecule has 0 spiro atoms. The Morgan fingerprint density at radius 2 is 1.92 bits per heavy atom. The Labute approximate surface area is 142 Å². The van der Waals surface area contributed by atoms with Gasteiger partial charge in [-0.2, -0.15) is 4.98 Å². The lowest BCUT2D eigenvalue weighted by Crippen LogP contribution is -2.42. The van der Waals surface area contributed by atoms with E-state index in [1.165, 1.54) is 24.8 Å². The van der Waals surface area contributed by atoms with Gasteiger partial charge >= 0.3 is 0 Å². The van der Waals surface area contributed by atoms with Crippen LogP contribution in [0.4, 0.5) is 0 Å². The molecule has 2 aliphatic rings. The Morgan fingerprint density at radius 1 is 1.12 bits per heavy atom. The molecule has 3 atom stereocenters. The number of nitrogens with one attached hydrogen (secondary N) is 1. The average Bonchev–Trinajstić information content (AvgIpc) is 3.22. The number of hydrogen-bond acceptors (Lipinski definition) is 5. The van der Waals surface area contributed by atoms with Crippen molar-refractivity contribution in [3.05, 3.63) is 35.7 Å². The molecule has 5 nitrogen and oxygen atoms in total. The summed E-state index contributed by atoms with van der Waals surface area (Å²) in [7, 11) is 0. The molecule has 1 aromatic carbocycles. The molecule has 3 unspecified atom stereocenters. The van der Waals surface area contributed by atoms with E-state index < -0.39 is 0 Å². The van der Waals surface area contributed by atoms with Gasteiger partial charge < -0.3 is 14.6 Å². The van der Waals surface area contributed by atoms with Crippen LogP contribution in [0.15, 0.2) is 28.8 Å². The first kappa shape index (κ1) is 15.8. The summed E-state index contributed by atoms with van der Waals surface area (Å²) in [4.78, 5) is 4.52. The predicted octanol–water partition coefficient (Wildman–Crippen LogP) is 3.66. The zero-order valence-corrected chi connectivity index (χ0v) is 14.4. The third-order valence-electron chi connectivity index (χ3n) is 5.21. The van der Waals surface area contributed by atoms with Gasteiger partial charge in [-0.25, -0.2) is 0 Å². The maximum Gasteiger partial charge on any atom is 0.240 e. The lowest BCUT2D eigenvalue weighted by Gasteiger charge is -2.29. The van der Waals surface area contributed by atoms with Gasteiger partial charge in [0.1, 0.15) is 0 Å². The third kappa shape index (κ3) is 3.23. The van der Waals surface area contributed by atoms with E-state index in [2.05, 4.69) is 53.6 Å². The van der Waals surface area contributed by atoms with Crippen LogP contribution in [0.2, 0.25) is 0 Å². The second-order valence-electron chi connectivity index (χ2n) is 7.23. The highest BCUT2D eigenvalue weighted by molar-refractivity contribution is 5.54. The van der Waals surface area contributed by atoms with Crippen LogP contribution in [-0.4, -0.2) is 28.4 Å². The molecular formula is C19H25N3O2. The minimum absolute atomic E-state index is 0.356. The molecule has 2 fully saturated rings. The summed E-state index contributed by atoms with van der Waals surface area (Å²) in [5, 5.41) is 7.65. The summed E-state index contributed by atoms with van der Waals surface area (Å²) in [6.45, 7) is 4.98. The van der Waals surface area contributed by atoms with Crippen molar-refractivity contribution in [1.29, 1.82) is 0 Å². The molecule has 2 aliphatic heterocycles. The summed E-state index contributed by atoms with van der Waals surface area (Å²) in [6, 6.07) is 8.79. The second-order valence-corrected chi connectivity index (χ2v) is 7.23. The lowest BCUT2D eigenvalue weighted by molar-refractivity contribution is -0.0172. The molecule has 5 heteroatoms. The van der Waals surface area contributed by atoms with Crippen molar-refractivity contribution in [2.45, 2.75) is 70.2 Å². The number of fused-ring (bicyclic) bond motifs is 2. The number of rotatable bonds is 5. The Bertz CT molecular complexity index is 680. The molecule has 3 heterocycles. The minimum Gasteiger partial charge on any atom is -0.373 e. The molecule has 2 bridgehead atoms. The maximum absolute atomic E-state index is 5.97. The molecule has 4 rings (SSSR count). The van der Waals surface area contributed by atoms with Crippen molar-refractivity contribution in [2.75, 3.05) is 0 Å². The van der Waals surface area contributed by atoms with Gasteiger partial charge in [0.2, 0.25) is 11.7 Å². The lowest BCUT2D eigenvalue weighted by atomic mass is 10.0. The highest BCUT2D eigenvalue weighted by Crippen LogP contribution is 2.32. The van der Waals surface area contributed by atoms with Crippen molar-refractivity contribution in [3.63, 3.8) is 0 Å². The molecular weight excluding hydrogens is 302 g/mol. The highest BCUT2D eigenvalue weighted by Gasteiger charge is 2.36. The van der Waals surface area contributed by atoms with Crippen LogP contribution in [0.25, 0.3) is 11.4 Å². The summed E-state index contributed by atoms with van der Waals surface area (Å²) >= 11 is 0. The van der Waals surface area contributed by atoms with Gasteiger partial charge in [0.25, 0.3) is 0 Å².